The zero-order chi connectivity index (χ0) is 17.0. The fraction of sp³-hybridized carbons (Fsp3) is 0.647. The van der Waals surface area contributed by atoms with Crippen LogP contribution in [0.5, 0.6) is 0 Å². The Kier molecular flexibility index (Phi) is 6.17. The molecule has 1 aromatic carbocycles. The summed E-state index contributed by atoms with van der Waals surface area (Å²) in [5.74, 6) is 0.280. The van der Waals surface area contributed by atoms with E-state index in [0.29, 0.717) is 25.0 Å². The first kappa shape index (κ1) is 18.4. The number of nitrogens with one attached hydrogen (secondary N) is 1. The minimum atomic E-state index is -3.50. The molecule has 1 unspecified atom stereocenters. The Balaban J connectivity index is 1.94. The highest BCUT2D eigenvalue weighted by molar-refractivity contribution is 7.89. The van der Waals surface area contributed by atoms with Gasteiger partial charge in [-0.2, -0.15) is 4.31 Å². The third-order valence-corrected chi connectivity index (χ3v) is 6.63. The van der Waals surface area contributed by atoms with E-state index in [9.17, 15) is 12.8 Å². The van der Waals surface area contributed by atoms with E-state index in [0.717, 1.165) is 19.4 Å². The van der Waals surface area contributed by atoms with Gasteiger partial charge in [-0.3, -0.25) is 0 Å². The molecule has 1 atom stereocenters. The summed E-state index contributed by atoms with van der Waals surface area (Å²) < 4.78 is 39.7. The molecular formula is C17H28FN2O2S+. The van der Waals surface area contributed by atoms with Crippen LogP contribution in [0.4, 0.5) is 4.39 Å². The largest absolute Gasteiger partial charge is 0.335 e. The molecule has 6 heteroatoms. The first-order valence-electron chi connectivity index (χ1n) is 8.38. The Hall–Kier alpha value is -0.980. The predicted octanol–water partition coefficient (Wildman–Crippen LogP) is 1.54. The minimum absolute atomic E-state index is 0.179. The van der Waals surface area contributed by atoms with E-state index in [2.05, 4.69) is 20.9 Å². The highest BCUT2D eigenvalue weighted by Crippen LogP contribution is 2.20. The van der Waals surface area contributed by atoms with E-state index in [-0.39, 0.29) is 4.90 Å². The summed E-state index contributed by atoms with van der Waals surface area (Å²) >= 11 is 0. The quantitative estimate of drug-likeness (QED) is 0.851. The van der Waals surface area contributed by atoms with Crippen LogP contribution < -0.4 is 4.90 Å². The van der Waals surface area contributed by atoms with Crippen LogP contribution in [0, 0.1) is 11.7 Å². The van der Waals surface area contributed by atoms with Gasteiger partial charge in [0.1, 0.15) is 5.82 Å². The van der Waals surface area contributed by atoms with Crippen LogP contribution in [0.1, 0.15) is 33.1 Å². The number of benzene rings is 1. The van der Waals surface area contributed by atoms with Gasteiger partial charge in [0, 0.05) is 25.9 Å². The summed E-state index contributed by atoms with van der Waals surface area (Å²) in [6.07, 6.45) is 2.95. The SMILES string of the molecule is CC(C)CC[NH+](C)C1CCN(S(=O)(=O)c2ccc(F)cc2)CC1. The lowest BCUT2D eigenvalue weighted by Gasteiger charge is -2.34. The maximum absolute atomic E-state index is 13.0. The summed E-state index contributed by atoms with van der Waals surface area (Å²) in [7, 11) is -1.29. The van der Waals surface area contributed by atoms with E-state index in [4.69, 9.17) is 0 Å². The zero-order valence-corrected chi connectivity index (χ0v) is 15.1. The first-order chi connectivity index (χ1) is 10.8. The standard InChI is InChI=1S/C17H27FN2O2S/c1-14(2)8-11-19(3)16-9-12-20(13-10-16)23(21,22)17-6-4-15(18)5-7-17/h4-7,14,16H,8-13H2,1-3H3/p+1. The number of piperidine rings is 1. The molecule has 0 radical (unpaired) electrons. The average Bonchev–Trinajstić information content (AvgIpc) is 2.53. The third-order valence-electron chi connectivity index (χ3n) is 4.72. The van der Waals surface area contributed by atoms with Gasteiger partial charge >= 0.3 is 0 Å². The molecule has 1 fully saturated rings. The summed E-state index contributed by atoms with van der Waals surface area (Å²) in [6, 6.07) is 5.61. The molecule has 4 nitrogen and oxygen atoms in total. The van der Waals surface area contributed by atoms with Gasteiger partial charge in [-0.05, 0) is 36.6 Å². The summed E-state index contributed by atoms with van der Waals surface area (Å²) in [5.41, 5.74) is 0. The summed E-state index contributed by atoms with van der Waals surface area (Å²) in [5, 5.41) is 0. The summed E-state index contributed by atoms with van der Waals surface area (Å²) in [4.78, 5) is 1.68. The van der Waals surface area contributed by atoms with E-state index >= 15 is 0 Å². The first-order valence-corrected chi connectivity index (χ1v) is 9.82. The number of quaternary nitrogens is 1. The molecule has 0 amide bonds. The minimum Gasteiger partial charge on any atom is -0.335 e. The lowest BCUT2D eigenvalue weighted by Crippen LogP contribution is -3.13. The molecule has 0 aromatic heterocycles. The topological polar surface area (TPSA) is 41.8 Å². The van der Waals surface area contributed by atoms with Crippen LogP contribution in [-0.4, -0.2) is 45.4 Å². The monoisotopic (exact) mass is 343 g/mol. The Morgan fingerprint density at radius 3 is 2.30 bits per heavy atom. The van der Waals surface area contributed by atoms with Crippen LogP contribution >= 0.6 is 0 Å². The molecule has 0 bridgehead atoms. The molecule has 1 aliphatic rings. The van der Waals surface area contributed by atoms with Gasteiger partial charge in [0.25, 0.3) is 0 Å². The van der Waals surface area contributed by atoms with Gasteiger partial charge < -0.3 is 4.90 Å². The van der Waals surface area contributed by atoms with Crippen molar-refractivity contribution in [1.82, 2.24) is 4.31 Å². The van der Waals surface area contributed by atoms with E-state index in [1.54, 1.807) is 0 Å². The van der Waals surface area contributed by atoms with Crippen molar-refractivity contribution in [1.29, 1.82) is 0 Å². The smallest absolute Gasteiger partial charge is 0.243 e. The van der Waals surface area contributed by atoms with Gasteiger partial charge in [-0.25, -0.2) is 12.8 Å². The van der Waals surface area contributed by atoms with Gasteiger partial charge in [-0.1, -0.05) is 13.8 Å². The molecule has 1 heterocycles. The Morgan fingerprint density at radius 1 is 1.22 bits per heavy atom. The number of sulfonamides is 1. The number of halogens is 1. The molecule has 23 heavy (non-hydrogen) atoms. The third kappa shape index (κ3) is 4.75. The van der Waals surface area contributed by atoms with Crippen molar-refractivity contribution in [3.8, 4) is 0 Å². The van der Waals surface area contributed by atoms with Crippen LogP contribution in [0.25, 0.3) is 0 Å². The van der Waals surface area contributed by atoms with Crippen molar-refractivity contribution in [2.24, 2.45) is 5.92 Å². The fourth-order valence-electron chi connectivity index (χ4n) is 3.07. The maximum atomic E-state index is 13.0. The molecule has 1 N–H and O–H groups in total. The highest BCUT2D eigenvalue weighted by Gasteiger charge is 2.32. The van der Waals surface area contributed by atoms with Gasteiger partial charge in [0.15, 0.2) is 0 Å². The van der Waals surface area contributed by atoms with Crippen LogP contribution in [0.3, 0.4) is 0 Å². The zero-order valence-electron chi connectivity index (χ0n) is 14.3. The summed E-state index contributed by atoms with van der Waals surface area (Å²) in [6.45, 7) is 6.68. The molecule has 130 valence electrons. The lowest BCUT2D eigenvalue weighted by molar-refractivity contribution is -0.907. The van der Waals surface area contributed by atoms with Crippen LogP contribution in [0.15, 0.2) is 29.2 Å². The Labute approximate surface area is 139 Å². The molecular weight excluding hydrogens is 315 g/mol. The number of nitrogens with zero attached hydrogens (tertiary/aromatic N) is 1. The van der Waals surface area contributed by atoms with Crippen LogP contribution in [-0.2, 0) is 10.0 Å². The average molecular weight is 343 g/mol. The van der Waals surface area contributed by atoms with Crippen molar-refractivity contribution < 1.29 is 17.7 Å². The second kappa shape index (κ2) is 7.73. The molecule has 1 saturated heterocycles. The van der Waals surface area contributed by atoms with Crippen molar-refractivity contribution in [3.63, 3.8) is 0 Å². The number of rotatable bonds is 6. The maximum Gasteiger partial charge on any atom is 0.243 e. The predicted molar refractivity (Wildman–Crippen MR) is 89.4 cm³/mol. The van der Waals surface area contributed by atoms with Crippen molar-refractivity contribution in [2.45, 2.75) is 44.0 Å². The van der Waals surface area contributed by atoms with Gasteiger partial charge in [-0.15, -0.1) is 0 Å². The Bertz CT molecular complexity index is 594. The van der Waals surface area contributed by atoms with Crippen molar-refractivity contribution >= 4 is 10.0 Å². The van der Waals surface area contributed by atoms with Crippen molar-refractivity contribution in [2.75, 3.05) is 26.7 Å². The van der Waals surface area contributed by atoms with Gasteiger partial charge in [0.2, 0.25) is 10.0 Å². The second-order valence-electron chi connectivity index (χ2n) is 6.91. The molecule has 0 aliphatic carbocycles. The molecule has 1 aliphatic heterocycles. The van der Waals surface area contributed by atoms with E-state index < -0.39 is 15.8 Å². The highest BCUT2D eigenvalue weighted by atomic mass is 32.2. The number of hydrogen-bond acceptors (Lipinski definition) is 2. The molecule has 1 aromatic rings. The normalized spacial score (nSPS) is 19.2. The molecule has 0 saturated carbocycles. The molecule has 2 rings (SSSR count). The van der Waals surface area contributed by atoms with Gasteiger partial charge in [0.05, 0.1) is 24.5 Å². The fourth-order valence-corrected chi connectivity index (χ4v) is 4.53. The van der Waals surface area contributed by atoms with Crippen LogP contribution in [0.2, 0.25) is 0 Å². The second-order valence-corrected chi connectivity index (χ2v) is 8.85. The molecule has 0 spiro atoms. The lowest BCUT2D eigenvalue weighted by atomic mass is 10.0. The van der Waals surface area contributed by atoms with E-state index in [1.165, 1.54) is 39.9 Å². The Morgan fingerprint density at radius 2 is 1.78 bits per heavy atom. The number of hydrogen-bond donors (Lipinski definition) is 1. The van der Waals surface area contributed by atoms with Crippen molar-refractivity contribution in [3.05, 3.63) is 30.1 Å². The van der Waals surface area contributed by atoms with E-state index in [1.807, 2.05) is 0 Å².